The molecule has 1 aromatic heterocycles. The predicted molar refractivity (Wildman–Crippen MR) is 133 cm³/mol. The van der Waals surface area contributed by atoms with E-state index in [4.69, 9.17) is 11.6 Å². The molecule has 0 saturated carbocycles. The van der Waals surface area contributed by atoms with Crippen molar-refractivity contribution in [2.75, 3.05) is 19.6 Å². The molecule has 1 aliphatic rings. The van der Waals surface area contributed by atoms with Crippen LogP contribution in [0.1, 0.15) is 27.6 Å². The first-order valence-corrected chi connectivity index (χ1v) is 13.3. The second kappa shape index (κ2) is 9.81. The first-order valence-electron chi connectivity index (χ1n) is 10.6. The lowest BCUT2D eigenvalue weighted by Gasteiger charge is -2.37. The molecule has 0 bridgehead atoms. The van der Waals surface area contributed by atoms with Gasteiger partial charge in [-0.3, -0.25) is 4.79 Å². The van der Waals surface area contributed by atoms with Gasteiger partial charge >= 0.3 is 0 Å². The van der Waals surface area contributed by atoms with Crippen molar-refractivity contribution in [3.63, 3.8) is 0 Å². The molecular weight excluding hydrogens is 476 g/mol. The SMILES string of the molecule is C=CCN(CC(=O)N1CCc2sccc2C1c1ccc(C)cc1)S(=O)(=O)c1ccc(Cl)cc1. The standard InChI is InChI=1S/C25H25ClN2O3S2/c1-3-14-27(33(30,31)21-10-8-20(26)9-11-21)17-24(29)28-15-12-23-22(13-16-32-23)25(28)19-6-4-18(2)5-7-19/h3-11,13,16,25H,1,12,14-15,17H2,2H3. The van der Waals surface area contributed by atoms with Gasteiger partial charge in [-0.1, -0.05) is 47.5 Å². The van der Waals surface area contributed by atoms with Crippen LogP contribution in [0.3, 0.4) is 0 Å². The van der Waals surface area contributed by atoms with Gasteiger partial charge in [0.25, 0.3) is 0 Å². The van der Waals surface area contributed by atoms with E-state index in [1.807, 2.05) is 31.2 Å². The fourth-order valence-electron chi connectivity index (χ4n) is 4.08. The summed E-state index contributed by atoms with van der Waals surface area (Å²) in [6, 6.07) is 15.9. The highest BCUT2D eigenvalue weighted by atomic mass is 35.5. The Morgan fingerprint density at radius 2 is 1.88 bits per heavy atom. The molecule has 172 valence electrons. The van der Waals surface area contributed by atoms with E-state index in [-0.39, 0.29) is 29.9 Å². The first kappa shape index (κ1) is 23.7. The van der Waals surface area contributed by atoms with Crippen LogP contribution in [0.25, 0.3) is 0 Å². The summed E-state index contributed by atoms with van der Waals surface area (Å²) < 4.78 is 27.7. The fourth-order valence-corrected chi connectivity index (χ4v) is 6.47. The van der Waals surface area contributed by atoms with E-state index >= 15 is 0 Å². The molecule has 0 radical (unpaired) electrons. The lowest BCUT2D eigenvalue weighted by atomic mass is 9.92. The maximum atomic E-state index is 13.6. The second-order valence-electron chi connectivity index (χ2n) is 7.99. The van der Waals surface area contributed by atoms with E-state index in [2.05, 4.69) is 18.0 Å². The Morgan fingerprint density at radius 3 is 2.55 bits per heavy atom. The minimum atomic E-state index is -3.89. The van der Waals surface area contributed by atoms with Crippen LogP contribution in [0, 0.1) is 6.92 Å². The molecule has 8 heteroatoms. The molecule has 1 amide bonds. The van der Waals surface area contributed by atoms with Crippen molar-refractivity contribution in [2.45, 2.75) is 24.3 Å². The average molecular weight is 501 g/mol. The van der Waals surface area contributed by atoms with Crippen LogP contribution < -0.4 is 0 Å². The van der Waals surface area contributed by atoms with Crippen molar-refractivity contribution >= 4 is 38.9 Å². The van der Waals surface area contributed by atoms with Crippen LogP contribution >= 0.6 is 22.9 Å². The third kappa shape index (κ3) is 4.92. The van der Waals surface area contributed by atoms with Crippen LogP contribution in [0.5, 0.6) is 0 Å². The van der Waals surface area contributed by atoms with Gasteiger partial charge in [-0.15, -0.1) is 17.9 Å². The number of fused-ring (bicyclic) bond motifs is 1. The van der Waals surface area contributed by atoms with Crippen molar-refractivity contribution in [1.82, 2.24) is 9.21 Å². The monoisotopic (exact) mass is 500 g/mol. The van der Waals surface area contributed by atoms with Crippen molar-refractivity contribution in [3.8, 4) is 0 Å². The fraction of sp³-hybridized carbons (Fsp3) is 0.240. The van der Waals surface area contributed by atoms with Gasteiger partial charge in [-0.05, 0) is 60.2 Å². The van der Waals surface area contributed by atoms with Crippen molar-refractivity contribution in [1.29, 1.82) is 0 Å². The molecule has 1 aliphatic heterocycles. The molecule has 3 aromatic rings. The molecule has 33 heavy (non-hydrogen) atoms. The van der Waals surface area contributed by atoms with Crippen molar-refractivity contribution in [2.24, 2.45) is 0 Å². The Morgan fingerprint density at radius 1 is 1.18 bits per heavy atom. The quantitative estimate of drug-likeness (QED) is 0.426. The number of sulfonamides is 1. The molecule has 0 saturated heterocycles. The molecule has 2 heterocycles. The summed E-state index contributed by atoms with van der Waals surface area (Å²) in [6.45, 7) is 6.01. The van der Waals surface area contributed by atoms with Crippen LogP contribution in [-0.2, 0) is 21.2 Å². The van der Waals surface area contributed by atoms with E-state index < -0.39 is 10.0 Å². The Labute approximate surface area is 204 Å². The van der Waals surface area contributed by atoms with Gasteiger partial charge in [-0.25, -0.2) is 8.42 Å². The number of rotatable bonds is 7. The Balaban J connectivity index is 1.65. The summed E-state index contributed by atoms with van der Waals surface area (Å²) >= 11 is 7.62. The van der Waals surface area contributed by atoms with Crippen molar-refractivity contribution in [3.05, 3.63) is 99.2 Å². The zero-order chi connectivity index (χ0) is 23.6. The third-order valence-corrected chi connectivity index (χ3v) is 8.85. The van der Waals surface area contributed by atoms with E-state index in [9.17, 15) is 13.2 Å². The van der Waals surface area contributed by atoms with Crippen LogP contribution in [0.4, 0.5) is 0 Å². The van der Waals surface area contributed by atoms with Gasteiger partial charge in [0.05, 0.1) is 17.5 Å². The summed E-state index contributed by atoms with van der Waals surface area (Å²) in [4.78, 5) is 16.7. The largest absolute Gasteiger partial charge is 0.330 e. The minimum Gasteiger partial charge on any atom is -0.330 e. The summed E-state index contributed by atoms with van der Waals surface area (Å²) in [5.41, 5.74) is 3.27. The molecule has 4 rings (SSSR count). The van der Waals surface area contributed by atoms with Crippen LogP contribution in [0.2, 0.25) is 5.02 Å². The molecule has 0 spiro atoms. The van der Waals surface area contributed by atoms with Gasteiger partial charge in [0, 0.05) is 23.0 Å². The number of amides is 1. The lowest BCUT2D eigenvalue weighted by molar-refractivity contribution is -0.133. The first-order chi connectivity index (χ1) is 15.8. The van der Waals surface area contributed by atoms with Gasteiger partial charge in [0.15, 0.2) is 0 Å². The van der Waals surface area contributed by atoms with Crippen LogP contribution in [-0.4, -0.2) is 43.2 Å². The number of nitrogens with zero attached hydrogens (tertiary/aromatic N) is 2. The molecule has 0 fully saturated rings. The second-order valence-corrected chi connectivity index (χ2v) is 11.4. The number of hydrogen-bond donors (Lipinski definition) is 0. The summed E-state index contributed by atoms with van der Waals surface area (Å²) in [6.07, 6.45) is 2.25. The van der Waals surface area contributed by atoms with Gasteiger partial charge in [0.2, 0.25) is 15.9 Å². The number of carbonyl (C=O) groups is 1. The number of aryl methyl sites for hydroxylation is 1. The van der Waals surface area contributed by atoms with Gasteiger partial charge < -0.3 is 4.90 Å². The number of hydrogen-bond acceptors (Lipinski definition) is 4. The minimum absolute atomic E-state index is 0.0312. The molecule has 0 N–H and O–H groups in total. The van der Waals surface area contributed by atoms with E-state index in [0.717, 1.165) is 23.1 Å². The highest BCUT2D eigenvalue weighted by molar-refractivity contribution is 7.89. The highest BCUT2D eigenvalue weighted by Crippen LogP contribution is 2.38. The van der Waals surface area contributed by atoms with E-state index in [1.165, 1.54) is 39.5 Å². The average Bonchev–Trinajstić information content (AvgIpc) is 3.28. The molecular formula is C25H25ClN2O3S2. The topological polar surface area (TPSA) is 57.7 Å². The highest BCUT2D eigenvalue weighted by Gasteiger charge is 2.35. The number of halogens is 1. The molecule has 1 unspecified atom stereocenters. The van der Waals surface area contributed by atoms with E-state index in [1.54, 1.807) is 16.2 Å². The molecule has 1 atom stereocenters. The summed E-state index contributed by atoms with van der Waals surface area (Å²) in [5, 5.41) is 2.50. The Hall–Kier alpha value is -2.45. The normalized spacial score (nSPS) is 16.0. The number of carbonyl (C=O) groups excluding carboxylic acids is 1. The lowest BCUT2D eigenvalue weighted by Crippen LogP contribution is -2.46. The molecule has 2 aromatic carbocycles. The Kier molecular flexibility index (Phi) is 7.05. The number of benzene rings is 2. The zero-order valence-corrected chi connectivity index (χ0v) is 20.7. The maximum absolute atomic E-state index is 13.6. The molecule has 0 aliphatic carbocycles. The summed E-state index contributed by atoms with van der Waals surface area (Å²) in [7, 11) is -3.89. The Bertz CT molecular complexity index is 1250. The van der Waals surface area contributed by atoms with Gasteiger partial charge in [-0.2, -0.15) is 4.31 Å². The number of thiophene rings is 1. The third-order valence-electron chi connectivity index (χ3n) is 5.78. The summed E-state index contributed by atoms with van der Waals surface area (Å²) in [5.74, 6) is -0.239. The zero-order valence-electron chi connectivity index (χ0n) is 18.3. The van der Waals surface area contributed by atoms with Crippen molar-refractivity contribution < 1.29 is 13.2 Å². The van der Waals surface area contributed by atoms with Gasteiger partial charge in [0.1, 0.15) is 0 Å². The maximum Gasteiger partial charge on any atom is 0.243 e. The van der Waals surface area contributed by atoms with E-state index in [0.29, 0.717) is 11.6 Å². The smallest absolute Gasteiger partial charge is 0.243 e. The molecule has 5 nitrogen and oxygen atoms in total. The van der Waals surface area contributed by atoms with Crippen LogP contribution in [0.15, 0.2) is 77.5 Å². The predicted octanol–water partition coefficient (Wildman–Crippen LogP) is 5.06.